The fourth-order valence-corrected chi connectivity index (χ4v) is 4.49. The number of aryl methyl sites for hydroxylation is 2. The lowest BCUT2D eigenvalue weighted by molar-refractivity contribution is -0.673. The summed E-state index contributed by atoms with van der Waals surface area (Å²) < 4.78 is 25.2. The third-order valence-corrected chi connectivity index (χ3v) is 6.07. The number of hydrogen-bond acceptors (Lipinski definition) is 7. The zero-order valence-corrected chi connectivity index (χ0v) is 13.4. The Morgan fingerprint density at radius 3 is 2.86 bits per heavy atom. The second kappa shape index (κ2) is 6.29. The molecule has 2 aromatic heterocycles. The molecule has 2 rings (SSSR count). The van der Waals surface area contributed by atoms with E-state index in [1.165, 1.54) is 0 Å². The summed E-state index contributed by atoms with van der Waals surface area (Å²) in [5.74, 6) is 0.0518. The monoisotopic (exact) mass is 348 g/mol. The van der Waals surface area contributed by atoms with Gasteiger partial charge in [-0.15, -0.1) is 0 Å². The number of H-pyrrole nitrogens is 1. The number of nitrogen functional groups attached to an aromatic ring is 1. The van der Waals surface area contributed by atoms with Crippen LogP contribution in [0.2, 0.25) is 0 Å². The summed E-state index contributed by atoms with van der Waals surface area (Å²) in [4.78, 5) is 39.3. The van der Waals surface area contributed by atoms with Gasteiger partial charge in [0.05, 0.1) is 19.1 Å². The van der Waals surface area contributed by atoms with Crippen LogP contribution in [0, 0.1) is 0 Å². The van der Waals surface area contributed by atoms with Gasteiger partial charge in [0.15, 0.2) is 6.33 Å². The summed E-state index contributed by atoms with van der Waals surface area (Å²) in [6.45, 7) is 0.362. The highest BCUT2D eigenvalue weighted by Crippen LogP contribution is 2.23. The van der Waals surface area contributed by atoms with E-state index < -0.39 is 23.9 Å². The van der Waals surface area contributed by atoms with Crippen LogP contribution in [0.1, 0.15) is 6.42 Å². The highest BCUT2D eigenvalue weighted by Gasteiger charge is 2.19. The molecule has 0 saturated heterocycles. The van der Waals surface area contributed by atoms with Crippen molar-refractivity contribution in [2.75, 3.05) is 17.0 Å². The maximum absolute atomic E-state index is 11.8. The Kier molecular flexibility index (Phi) is 4.81. The van der Waals surface area contributed by atoms with Gasteiger partial charge in [-0.2, -0.15) is 0 Å². The van der Waals surface area contributed by atoms with Crippen LogP contribution in [0.25, 0.3) is 11.2 Å². The second-order valence-electron chi connectivity index (χ2n) is 4.78. The van der Waals surface area contributed by atoms with E-state index in [9.17, 15) is 23.4 Å². The van der Waals surface area contributed by atoms with Crippen molar-refractivity contribution in [3.63, 3.8) is 0 Å². The van der Waals surface area contributed by atoms with E-state index >= 15 is 0 Å². The molecule has 0 bridgehead atoms. The van der Waals surface area contributed by atoms with Gasteiger partial charge in [0.2, 0.25) is 5.52 Å². The van der Waals surface area contributed by atoms with Gasteiger partial charge in [-0.25, -0.2) is 4.57 Å². The van der Waals surface area contributed by atoms with Gasteiger partial charge in [0.1, 0.15) is 0 Å². The molecule has 0 spiro atoms. The number of hydrogen-bond donors (Lipinski definition) is 2. The quantitative estimate of drug-likeness (QED) is 0.419. The molecule has 10 nitrogen and oxygen atoms in total. The van der Waals surface area contributed by atoms with Gasteiger partial charge in [0.25, 0.3) is 11.5 Å². The molecule has 0 aliphatic heterocycles. The zero-order valence-electron chi connectivity index (χ0n) is 11.7. The molecule has 0 fully saturated rings. The number of anilines is 1. The van der Waals surface area contributed by atoms with Crippen LogP contribution in [0.5, 0.6) is 0 Å². The molecule has 0 radical (unpaired) electrons. The van der Waals surface area contributed by atoms with Crippen LogP contribution in [0.3, 0.4) is 0 Å². The van der Waals surface area contributed by atoms with Crippen molar-refractivity contribution in [1.82, 2.24) is 14.5 Å². The van der Waals surface area contributed by atoms with E-state index in [0.29, 0.717) is 24.1 Å². The first-order valence-electron chi connectivity index (χ1n) is 6.28. The Balaban J connectivity index is 2.11. The van der Waals surface area contributed by atoms with Gasteiger partial charge in [-0.05, 0) is 6.42 Å². The van der Waals surface area contributed by atoms with E-state index in [1.807, 2.05) is 0 Å². The van der Waals surface area contributed by atoms with E-state index in [0.717, 1.165) is 0 Å². The van der Waals surface area contributed by atoms with Crippen molar-refractivity contribution >= 4 is 35.5 Å². The maximum Gasteiger partial charge on any atom is 0.311 e. The van der Waals surface area contributed by atoms with Crippen LogP contribution >= 0.6 is 7.60 Å². The molecule has 0 saturated carbocycles. The Bertz CT molecular complexity index is 825. The molecule has 0 amide bonds. The van der Waals surface area contributed by atoms with Crippen molar-refractivity contribution < 1.29 is 23.1 Å². The Hall–Kier alpha value is -1.55. The average Bonchev–Trinajstić information content (AvgIpc) is 2.63. The van der Waals surface area contributed by atoms with Crippen molar-refractivity contribution in [2.45, 2.75) is 13.0 Å². The molecule has 12 heteroatoms. The molecule has 122 valence electrons. The number of imidazole rings is 1. The predicted molar refractivity (Wildman–Crippen MR) is 76.0 cm³/mol. The molecule has 1 unspecified atom stereocenters. The molecule has 0 aliphatic rings. The second-order valence-corrected chi connectivity index (χ2v) is 8.32. The molecule has 22 heavy (non-hydrogen) atoms. The number of nitrogens with two attached hydrogens (primary N) is 1. The van der Waals surface area contributed by atoms with Gasteiger partial charge < -0.3 is 20.1 Å². The Labute approximate surface area is 127 Å². The predicted octanol–water partition coefficient (Wildman–Crippen LogP) is -2.86. The average molecular weight is 348 g/mol. The Morgan fingerprint density at radius 1 is 1.55 bits per heavy atom. The highest BCUT2D eigenvalue weighted by atomic mass is 32.2. The topological polar surface area (TPSA) is 161 Å². The van der Waals surface area contributed by atoms with Gasteiger partial charge >= 0.3 is 5.65 Å². The van der Waals surface area contributed by atoms with Crippen molar-refractivity contribution in [2.24, 2.45) is 7.05 Å². The SMILES string of the molecule is Cn1c[n+](CCCS(=O)CP(=O)([O-])[O-])c2nc(N)[nH]c(=O)c21. The minimum absolute atomic E-state index is 0.0142. The van der Waals surface area contributed by atoms with Crippen molar-refractivity contribution in [3.05, 3.63) is 16.7 Å². The molecule has 0 aromatic carbocycles. The number of nitrogens with one attached hydrogen (secondary N) is 1. The maximum atomic E-state index is 11.8. The number of rotatable bonds is 6. The van der Waals surface area contributed by atoms with Gasteiger partial charge in [0, 0.05) is 16.6 Å². The van der Waals surface area contributed by atoms with Crippen LogP contribution in [-0.2, 0) is 29.0 Å². The van der Waals surface area contributed by atoms with E-state index in [-0.39, 0.29) is 17.3 Å². The molecular formula is C10H15N5O5PS-. The summed E-state index contributed by atoms with van der Waals surface area (Å²) in [7, 11) is -4.81. The minimum Gasteiger partial charge on any atom is -0.810 e. The summed E-state index contributed by atoms with van der Waals surface area (Å²) in [5.41, 5.74) is 5.01. The van der Waals surface area contributed by atoms with E-state index in [4.69, 9.17) is 5.73 Å². The number of aromatic amines is 1. The lowest BCUT2D eigenvalue weighted by Gasteiger charge is -2.28. The first kappa shape index (κ1) is 16.8. The van der Waals surface area contributed by atoms with E-state index in [1.54, 1.807) is 22.5 Å². The van der Waals surface area contributed by atoms with Crippen molar-refractivity contribution in [1.29, 1.82) is 0 Å². The lowest BCUT2D eigenvalue weighted by atomic mass is 10.4. The summed E-state index contributed by atoms with van der Waals surface area (Å²) in [5, 5.41) is 0. The normalized spacial score (nSPS) is 13.6. The van der Waals surface area contributed by atoms with Gasteiger partial charge in [-0.3, -0.25) is 18.6 Å². The third kappa shape index (κ3) is 4.01. The summed E-state index contributed by atoms with van der Waals surface area (Å²) in [6.07, 6.45) is 2.01. The summed E-state index contributed by atoms with van der Waals surface area (Å²) in [6, 6.07) is 0. The smallest absolute Gasteiger partial charge is 0.311 e. The fraction of sp³-hybridized carbons (Fsp3) is 0.500. The number of aromatic nitrogens is 4. The Morgan fingerprint density at radius 2 is 2.23 bits per heavy atom. The minimum atomic E-state index is -4.77. The first-order chi connectivity index (χ1) is 10.2. The summed E-state index contributed by atoms with van der Waals surface area (Å²) >= 11 is 0. The van der Waals surface area contributed by atoms with Crippen LogP contribution in [-0.4, -0.2) is 30.0 Å². The molecular weight excluding hydrogens is 333 g/mol. The van der Waals surface area contributed by atoms with E-state index in [2.05, 4.69) is 9.97 Å². The molecule has 3 N–H and O–H groups in total. The molecule has 2 aromatic rings. The molecule has 1 atom stereocenters. The van der Waals surface area contributed by atoms with Crippen LogP contribution < -0.4 is 25.6 Å². The number of fused-ring (bicyclic) bond motifs is 1. The molecule has 2 heterocycles. The molecule has 0 aliphatic carbocycles. The lowest BCUT2D eigenvalue weighted by Crippen LogP contribution is -2.34. The first-order valence-corrected chi connectivity index (χ1v) is 9.49. The third-order valence-electron chi connectivity index (χ3n) is 2.91. The fourth-order valence-electron chi connectivity index (χ4n) is 2.11. The largest absolute Gasteiger partial charge is 0.810 e. The number of nitrogens with zero attached hydrogens (tertiary/aromatic N) is 3. The zero-order chi connectivity index (χ0) is 16.5. The van der Waals surface area contributed by atoms with Gasteiger partial charge in [-0.1, -0.05) is 12.6 Å². The van der Waals surface area contributed by atoms with Crippen LogP contribution in [0.15, 0.2) is 11.1 Å². The van der Waals surface area contributed by atoms with Crippen molar-refractivity contribution in [3.8, 4) is 0 Å². The standard InChI is InChI=1S/C10H16N5O5PS/c1-14-5-15(3-2-4-22(20)6-21(17,18)19)8-7(14)9(16)13-10(11)12-8/h5H,2-4,6H2,1H3,(H4-,11,12,13,16,17,18,19)/p-1. The van der Waals surface area contributed by atoms with Crippen LogP contribution in [0.4, 0.5) is 5.95 Å². The highest BCUT2D eigenvalue weighted by molar-refractivity contribution is 7.91.